The number of fused-ring (bicyclic) bond motifs is 4. The maximum absolute atomic E-state index is 13.8. The molecule has 0 bridgehead atoms. The number of carbonyl (C=O) groups is 4. The first-order chi connectivity index (χ1) is 32.9. The number of aryl methyl sites for hydroxylation is 6. The summed E-state index contributed by atoms with van der Waals surface area (Å²) in [6.45, 7) is 7.60. The Morgan fingerprint density at radius 3 is 1.60 bits per heavy atom. The number of piperidine rings is 1. The van der Waals surface area contributed by atoms with E-state index in [9.17, 15) is 19.2 Å². The highest BCUT2D eigenvalue weighted by molar-refractivity contribution is 6.09. The third-order valence-corrected chi connectivity index (χ3v) is 13.4. The fraction of sp³-hybridized carbons (Fsp3) is 0.346. The number of aliphatic carboxylic acids is 1. The molecule has 2 aromatic heterocycles. The lowest BCUT2D eigenvalue weighted by atomic mass is 9.95. The van der Waals surface area contributed by atoms with Crippen LogP contribution < -0.4 is 20.4 Å². The first-order valence-corrected chi connectivity index (χ1v) is 23.2. The number of hydrogen-bond acceptors (Lipinski definition) is 10. The van der Waals surface area contributed by atoms with Crippen molar-refractivity contribution in [2.45, 2.75) is 71.8 Å². The van der Waals surface area contributed by atoms with Crippen LogP contribution in [-0.4, -0.2) is 85.9 Å². The van der Waals surface area contributed by atoms with E-state index in [-0.39, 0.29) is 30.4 Å². The molecule has 0 unspecified atom stereocenters. The first-order valence-electron chi connectivity index (χ1n) is 23.2. The largest absolute Gasteiger partial charge is 0.481 e. The molecule has 6 heterocycles. The molecule has 16 heteroatoms. The SMILES string of the molecule is Cc1cc(C(=O)N2Cc3cnn(C)c3Nc3ccccc32)ccc1CCC(=O)N1CCC(C2OCCO2)CC1.Cc1cc(C(=O)N2Cc3cnn(C)c3Nc3ccccc32)ccc1CCC(=O)O. The van der Waals surface area contributed by atoms with E-state index in [4.69, 9.17) is 14.6 Å². The first kappa shape index (κ1) is 45.8. The zero-order valence-corrected chi connectivity index (χ0v) is 38.9. The molecule has 16 nitrogen and oxygen atoms in total. The Labute approximate surface area is 395 Å². The number of benzene rings is 4. The van der Waals surface area contributed by atoms with Gasteiger partial charge in [-0.2, -0.15) is 10.2 Å². The molecule has 3 amide bonds. The van der Waals surface area contributed by atoms with Gasteiger partial charge in [-0.25, -0.2) is 0 Å². The Hall–Kier alpha value is -7.30. The van der Waals surface area contributed by atoms with Gasteiger partial charge in [0.2, 0.25) is 5.91 Å². The second kappa shape index (κ2) is 19.9. The molecule has 352 valence electrons. The summed E-state index contributed by atoms with van der Waals surface area (Å²) >= 11 is 0. The molecule has 4 aliphatic heterocycles. The van der Waals surface area contributed by atoms with Crippen LogP contribution in [0.3, 0.4) is 0 Å². The summed E-state index contributed by atoms with van der Waals surface area (Å²) in [4.78, 5) is 56.5. The van der Waals surface area contributed by atoms with Crippen LogP contribution in [0.2, 0.25) is 0 Å². The standard InChI is InChI=1S/C30H35N5O4.C22H22N4O3/c1-20-17-23(29(37)35-19-24-18-31-33(2)28(24)32-25-5-3-4-6-26(25)35)8-7-21(20)9-10-27(36)34-13-11-22(12-14-34)30-38-15-16-39-30;1-14-11-16(8-7-15(14)9-10-20(27)28)22(29)26-13-17-12-23-25(2)21(17)24-18-5-3-4-6-19(18)26/h3-8,17-18,22,30,32H,9-16,19H2,1-2H3;3-8,11-12,24H,9-10,13H2,1-2H3,(H,27,28). The van der Waals surface area contributed by atoms with E-state index in [1.54, 1.807) is 37.6 Å². The van der Waals surface area contributed by atoms with Crippen LogP contribution in [0.4, 0.5) is 34.4 Å². The molecule has 3 N–H and O–H groups in total. The quantitative estimate of drug-likeness (QED) is 0.129. The van der Waals surface area contributed by atoms with Gasteiger partial charge in [0.1, 0.15) is 11.6 Å². The Kier molecular flexibility index (Phi) is 13.4. The van der Waals surface area contributed by atoms with Crippen LogP contribution in [-0.2, 0) is 59.1 Å². The Balaban J connectivity index is 0.000000178. The lowest BCUT2D eigenvalue weighted by Gasteiger charge is -2.34. The number of para-hydroxylation sites is 4. The number of carbonyl (C=O) groups excluding carboxylic acids is 3. The molecule has 6 aromatic rings. The van der Waals surface area contributed by atoms with Crippen molar-refractivity contribution < 1.29 is 33.8 Å². The summed E-state index contributed by atoms with van der Waals surface area (Å²) < 4.78 is 14.9. The smallest absolute Gasteiger partial charge is 0.303 e. The van der Waals surface area contributed by atoms with Gasteiger partial charge >= 0.3 is 5.97 Å². The number of aromatic nitrogens is 4. The number of rotatable bonds is 9. The van der Waals surface area contributed by atoms with Crippen molar-refractivity contribution in [1.29, 1.82) is 0 Å². The van der Waals surface area contributed by atoms with Gasteiger partial charge in [0, 0.05) is 68.2 Å². The molecule has 0 aliphatic carbocycles. The van der Waals surface area contributed by atoms with Gasteiger partial charge in [-0.15, -0.1) is 0 Å². The minimum Gasteiger partial charge on any atom is -0.481 e. The lowest BCUT2D eigenvalue weighted by Crippen LogP contribution is -2.41. The molecular weight excluding hydrogens is 863 g/mol. The van der Waals surface area contributed by atoms with Crippen LogP contribution in [0, 0.1) is 19.8 Å². The van der Waals surface area contributed by atoms with E-state index >= 15 is 0 Å². The number of hydrogen-bond donors (Lipinski definition) is 3. The maximum atomic E-state index is 13.8. The third kappa shape index (κ3) is 9.73. The highest BCUT2D eigenvalue weighted by atomic mass is 16.7. The van der Waals surface area contributed by atoms with Crippen LogP contribution in [0.5, 0.6) is 0 Å². The molecule has 2 fully saturated rings. The van der Waals surface area contributed by atoms with Crippen molar-refractivity contribution in [3.8, 4) is 0 Å². The van der Waals surface area contributed by atoms with Gasteiger partial charge in [-0.3, -0.25) is 28.5 Å². The molecule has 0 spiro atoms. The van der Waals surface area contributed by atoms with E-state index in [1.807, 2.05) is 112 Å². The minimum atomic E-state index is -0.828. The van der Waals surface area contributed by atoms with Gasteiger partial charge in [-0.1, -0.05) is 36.4 Å². The number of carboxylic acids is 1. The number of carboxylic acid groups (broad SMARTS) is 1. The van der Waals surface area contributed by atoms with Crippen LogP contribution in [0.25, 0.3) is 0 Å². The molecule has 0 saturated carbocycles. The van der Waals surface area contributed by atoms with E-state index in [0.29, 0.717) is 62.6 Å². The molecule has 0 atom stereocenters. The second-order valence-corrected chi connectivity index (χ2v) is 17.9. The van der Waals surface area contributed by atoms with Crippen molar-refractivity contribution >= 4 is 58.1 Å². The number of amides is 3. The van der Waals surface area contributed by atoms with Crippen molar-refractivity contribution in [2.24, 2.45) is 20.0 Å². The Bertz CT molecular complexity index is 2860. The van der Waals surface area contributed by atoms with Crippen LogP contribution >= 0.6 is 0 Å². The normalized spacial score (nSPS) is 15.6. The van der Waals surface area contributed by atoms with Crippen molar-refractivity contribution in [3.63, 3.8) is 0 Å². The topological polar surface area (TPSA) is 176 Å². The van der Waals surface area contributed by atoms with Crippen LogP contribution in [0.15, 0.2) is 97.3 Å². The maximum Gasteiger partial charge on any atom is 0.303 e. The van der Waals surface area contributed by atoms with Crippen LogP contribution in [0.1, 0.15) is 79.8 Å². The van der Waals surface area contributed by atoms with Crippen molar-refractivity contribution in [2.75, 3.05) is 46.7 Å². The van der Waals surface area contributed by atoms with Crippen molar-refractivity contribution in [1.82, 2.24) is 24.5 Å². The molecular formula is C52H57N9O7. The van der Waals surface area contributed by atoms with Gasteiger partial charge in [0.25, 0.3) is 11.8 Å². The average Bonchev–Trinajstić information content (AvgIpc) is 4.04. The predicted octanol–water partition coefficient (Wildman–Crippen LogP) is 7.83. The fourth-order valence-electron chi connectivity index (χ4n) is 9.52. The fourth-order valence-corrected chi connectivity index (χ4v) is 9.52. The predicted molar refractivity (Wildman–Crippen MR) is 259 cm³/mol. The Morgan fingerprint density at radius 2 is 1.13 bits per heavy atom. The lowest BCUT2D eigenvalue weighted by molar-refractivity contribution is -0.137. The summed E-state index contributed by atoms with van der Waals surface area (Å²) in [7, 11) is 3.76. The van der Waals surface area contributed by atoms with Gasteiger partial charge in [0.15, 0.2) is 6.29 Å². The minimum absolute atomic E-state index is 0.0650. The summed E-state index contributed by atoms with van der Waals surface area (Å²) in [5, 5.41) is 24.4. The van der Waals surface area contributed by atoms with Crippen molar-refractivity contribution in [3.05, 3.63) is 142 Å². The number of anilines is 6. The van der Waals surface area contributed by atoms with Gasteiger partial charge in [0.05, 0.1) is 61.4 Å². The zero-order chi connectivity index (χ0) is 47.5. The van der Waals surface area contributed by atoms with Gasteiger partial charge in [-0.05, 0) is 110 Å². The third-order valence-electron chi connectivity index (χ3n) is 13.4. The summed E-state index contributed by atoms with van der Waals surface area (Å²) in [6, 6.07) is 26.8. The van der Waals surface area contributed by atoms with E-state index in [0.717, 1.165) is 93.7 Å². The highest BCUT2D eigenvalue weighted by Crippen LogP contribution is 2.38. The molecule has 0 radical (unpaired) electrons. The molecule has 2 saturated heterocycles. The Morgan fingerprint density at radius 1 is 0.662 bits per heavy atom. The molecule has 4 aromatic carbocycles. The molecule has 68 heavy (non-hydrogen) atoms. The molecule has 4 aliphatic rings. The monoisotopic (exact) mass is 919 g/mol. The zero-order valence-electron chi connectivity index (χ0n) is 38.9. The number of likely N-dealkylation sites (tertiary alicyclic amines) is 1. The van der Waals surface area contributed by atoms with E-state index in [1.165, 1.54) is 0 Å². The molecule has 10 rings (SSSR count). The van der Waals surface area contributed by atoms with E-state index < -0.39 is 5.97 Å². The summed E-state index contributed by atoms with van der Waals surface area (Å²) in [5.74, 6) is 1.31. The highest BCUT2D eigenvalue weighted by Gasteiger charge is 2.32. The number of ether oxygens (including phenoxy) is 2. The summed E-state index contributed by atoms with van der Waals surface area (Å²) in [5.41, 5.74) is 10.4. The number of nitrogens with zero attached hydrogens (tertiary/aromatic N) is 7. The van der Waals surface area contributed by atoms with Gasteiger partial charge < -0.3 is 39.9 Å². The summed E-state index contributed by atoms with van der Waals surface area (Å²) in [6.07, 6.45) is 6.95. The second-order valence-electron chi connectivity index (χ2n) is 17.9. The number of nitrogens with one attached hydrogen (secondary N) is 2. The van der Waals surface area contributed by atoms with E-state index in [2.05, 4.69) is 20.8 Å². The average molecular weight is 920 g/mol.